The first kappa shape index (κ1) is 25.5. The normalized spacial score (nSPS) is 15.7. The standard InChI is InChI=1S/C24H23F3N4O4/c1-3-14-7-5-6-8-19(14)28-13-18-20(17(4-2)22(33)34)30-31(21(18)32)16-11-9-15(10-12-16)29-23(35)24(25,26)27/h5-13,17,28H,3-4H2,1-2H3,(H,29,35)(H,33,34). The number of para-hydroxylation sites is 1. The van der Waals surface area contributed by atoms with Gasteiger partial charge in [-0.05, 0) is 48.7 Å². The summed E-state index contributed by atoms with van der Waals surface area (Å²) in [5, 5.41) is 19.7. The molecule has 3 N–H and O–H groups in total. The Balaban J connectivity index is 1.93. The van der Waals surface area contributed by atoms with E-state index in [1.165, 1.54) is 30.5 Å². The summed E-state index contributed by atoms with van der Waals surface area (Å²) in [7, 11) is 0. The first-order valence-electron chi connectivity index (χ1n) is 10.8. The third-order valence-corrected chi connectivity index (χ3v) is 5.34. The maximum absolute atomic E-state index is 13.2. The molecule has 0 fully saturated rings. The van der Waals surface area contributed by atoms with Crippen LogP contribution in [0.25, 0.3) is 0 Å². The molecule has 1 unspecified atom stereocenters. The van der Waals surface area contributed by atoms with Crippen LogP contribution < -0.4 is 15.6 Å². The lowest BCUT2D eigenvalue weighted by Gasteiger charge is -2.13. The number of carbonyl (C=O) groups is 3. The van der Waals surface area contributed by atoms with Gasteiger partial charge in [-0.25, -0.2) is 0 Å². The number of amides is 2. The monoisotopic (exact) mass is 488 g/mol. The van der Waals surface area contributed by atoms with Crippen LogP contribution in [0.3, 0.4) is 0 Å². The largest absolute Gasteiger partial charge is 0.481 e. The number of nitrogens with one attached hydrogen (secondary N) is 2. The quantitative estimate of drug-likeness (QED) is 0.472. The van der Waals surface area contributed by atoms with Crippen LogP contribution in [-0.2, 0) is 20.8 Å². The summed E-state index contributed by atoms with van der Waals surface area (Å²) in [4.78, 5) is 36.2. The van der Waals surface area contributed by atoms with E-state index in [0.29, 0.717) is 0 Å². The Morgan fingerprint density at radius 3 is 2.34 bits per heavy atom. The number of anilines is 3. The lowest BCUT2D eigenvalue weighted by molar-refractivity contribution is -0.167. The van der Waals surface area contributed by atoms with Crippen LogP contribution in [0.2, 0.25) is 0 Å². The molecule has 0 aliphatic carbocycles. The summed E-state index contributed by atoms with van der Waals surface area (Å²) < 4.78 is 37.4. The van der Waals surface area contributed by atoms with Crippen molar-refractivity contribution in [3.05, 3.63) is 65.9 Å². The van der Waals surface area contributed by atoms with Crippen molar-refractivity contribution in [3.63, 3.8) is 0 Å². The Morgan fingerprint density at radius 2 is 1.77 bits per heavy atom. The van der Waals surface area contributed by atoms with Crippen LogP contribution >= 0.6 is 0 Å². The molecule has 0 radical (unpaired) electrons. The van der Waals surface area contributed by atoms with Gasteiger partial charge in [-0.3, -0.25) is 14.4 Å². The molecule has 1 atom stereocenters. The number of alkyl halides is 3. The highest BCUT2D eigenvalue weighted by molar-refractivity contribution is 6.33. The van der Waals surface area contributed by atoms with Gasteiger partial charge >= 0.3 is 18.1 Å². The molecule has 0 bridgehead atoms. The maximum Gasteiger partial charge on any atom is 0.471 e. The van der Waals surface area contributed by atoms with Crippen molar-refractivity contribution in [2.24, 2.45) is 11.0 Å². The second-order valence-electron chi connectivity index (χ2n) is 7.61. The highest BCUT2D eigenvalue weighted by Gasteiger charge is 2.39. The summed E-state index contributed by atoms with van der Waals surface area (Å²) in [6, 6.07) is 12.4. The van der Waals surface area contributed by atoms with Crippen molar-refractivity contribution in [2.45, 2.75) is 32.9 Å². The maximum atomic E-state index is 13.2. The van der Waals surface area contributed by atoms with E-state index in [2.05, 4.69) is 10.4 Å². The minimum absolute atomic E-state index is 0.0552. The number of halogens is 3. The van der Waals surface area contributed by atoms with Crippen LogP contribution in [0.1, 0.15) is 25.8 Å². The van der Waals surface area contributed by atoms with Crippen LogP contribution in [0.5, 0.6) is 0 Å². The number of benzene rings is 2. The lowest BCUT2D eigenvalue weighted by Crippen LogP contribution is -2.29. The number of carboxylic acid groups (broad SMARTS) is 1. The van der Waals surface area contributed by atoms with Crippen molar-refractivity contribution < 1.29 is 32.7 Å². The van der Waals surface area contributed by atoms with Crippen LogP contribution in [0.15, 0.2) is 65.4 Å². The fourth-order valence-corrected chi connectivity index (χ4v) is 3.49. The fourth-order valence-electron chi connectivity index (χ4n) is 3.49. The van der Waals surface area contributed by atoms with E-state index in [0.717, 1.165) is 22.7 Å². The molecule has 8 nitrogen and oxygen atoms in total. The molecular formula is C24H23F3N4O4. The van der Waals surface area contributed by atoms with Gasteiger partial charge in [0.05, 0.1) is 17.0 Å². The van der Waals surface area contributed by atoms with Crippen LogP contribution in [-0.4, -0.2) is 34.8 Å². The molecule has 2 amide bonds. The smallest absolute Gasteiger partial charge is 0.471 e. The topological polar surface area (TPSA) is 111 Å². The Kier molecular flexibility index (Phi) is 7.58. The number of carboxylic acids is 1. The molecule has 184 valence electrons. The molecule has 1 aliphatic heterocycles. The zero-order valence-electron chi connectivity index (χ0n) is 18.9. The van der Waals surface area contributed by atoms with Gasteiger partial charge in [-0.1, -0.05) is 32.0 Å². The summed E-state index contributed by atoms with van der Waals surface area (Å²) in [5.74, 6) is -4.93. The second kappa shape index (κ2) is 10.4. The summed E-state index contributed by atoms with van der Waals surface area (Å²) in [5.41, 5.74) is 1.92. The van der Waals surface area contributed by atoms with Crippen LogP contribution in [0, 0.1) is 5.92 Å². The Morgan fingerprint density at radius 1 is 1.11 bits per heavy atom. The van der Waals surface area contributed by atoms with Gasteiger partial charge in [0.1, 0.15) is 5.92 Å². The first-order chi connectivity index (χ1) is 16.6. The number of rotatable bonds is 8. The van der Waals surface area contributed by atoms with E-state index in [-0.39, 0.29) is 29.1 Å². The zero-order chi connectivity index (χ0) is 25.8. The molecule has 2 aromatic rings. The molecule has 0 saturated heterocycles. The lowest BCUT2D eigenvalue weighted by atomic mass is 9.95. The number of carbonyl (C=O) groups excluding carboxylic acids is 2. The summed E-state index contributed by atoms with van der Waals surface area (Å²) in [6.45, 7) is 3.63. The van der Waals surface area contributed by atoms with E-state index >= 15 is 0 Å². The minimum atomic E-state index is -5.04. The van der Waals surface area contributed by atoms with E-state index in [4.69, 9.17) is 0 Å². The molecule has 0 spiro atoms. The average molecular weight is 488 g/mol. The van der Waals surface area contributed by atoms with Gasteiger partial charge in [0.2, 0.25) is 0 Å². The third kappa shape index (κ3) is 5.68. The van der Waals surface area contributed by atoms with Crippen molar-refractivity contribution >= 4 is 40.6 Å². The molecule has 2 aromatic carbocycles. The summed E-state index contributed by atoms with van der Waals surface area (Å²) in [6.07, 6.45) is -2.71. The molecular weight excluding hydrogens is 465 g/mol. The van der Waals surface area contributed by atoms with E-state index < -0.39 is 29.9 Å². The molecule has 0 saturated carbocycles. The number of nitrogens with zero attached hydrogens (tertiary/aromatic N) is 2. The van der Waals surface area contributed by atoms with E-state index in [9.17, 15) is 32.7 Å². The predicted octanol–water partition coefficient (Wildman–Crippen LogP) is 4.56. The molecule has 0 aromatic heterocycles. The van der Waals surface area contributed by atoms with Crippen LogP contribution in [0.4, 0.5) is 30.2 Å². The number of hydrazone groups is 1. The van der Waals surface area contributed by atoms with Gasteiger partial charge in [0, 0.05) is 17.6 Å². The number of hydrogen-bond donors (Lipinski definition) is 3. The number of hydrogen-bond acceptors (Lipinski definition) is 5. The second-order valence-corrected chi connectivity index (χ2v) is 7.61. The van der Waals surface area contributed by atoms with Gasteiger partial charge < -0.3 is 15.7 Å². The fraction of sp³-hybridized carbons (Fsp3) is 0.250. The van der Waals surface area contributed by atoms with Gasteiger partial charge in [-0.2, -0.15) is 23.3 Å². The molecule has 1 aliphatic rings. The van der Waals surface area contributed by atoms with Gasteiger partial charge in [0.25, 0.3) is 5.91 Å². The van der Waals surface area contributed by atoms with Crippen molar-refractivity contribution in [1.82, 2.24) is 0 Å². The first-order valence-corrected chi connectivity index (χ1v) is 10.8. The van der Waals surface area contributed by atoms with Gasteiger partial charge in [0.15, 0.2) is 0 Å². The van der Waals surface area contributed by atoms with Crippen molar-refractivity contribution in [1.29, 1.82) is 0 Å². The van der Waals surface area contributed by atoms with E-state index in [1.807, 2.05) is 31.2 Å². The molecule has 1 heterocycles. The van der Waals surface area contributed by atoms with Gasteiger partial charge in [-0.15, -0.1) is 0 Å². The SMILES string of the molecule is CCc1ccccc1NC=C1C(=O)N(c2ccc(NC(=O)C(F)(F)F)cc2)N=C1C(CC)C(=O)O. The highest BCUT2D eigenvalue weighted by Crippen LogP contribution is 2.29. The Hall–Kier alpha value is -4.15. The zero-order valence-corrected chi connectivity index (χ0v) is 18.9. The van der Waals surface area contributed by atoms with E-state index in [1.54, 1.807) is 12.2 Å². The average Bonchev–Trinajstić information content (AvgIpc) is 3.13. The minimum Gasteiger partial charge on any atom is -0.481 e. The molecule has 3 rings (SSSR count). The number of aryl methyl sites for hydroxylation is 1. The third-order valence-electron chi connectivity index (χ3n) is 5.34. The molecule has 11 heteroatoms. The van der Waals surface area contributed by atoms with Crippen molar-refractivity contribution in [3.8, 4) is 0 Å². The molecule has 35 heavy (non-hydrogen) atoms. The Bertz CT molecular complexity index is 1190. The highest BCUT2D eigenvalue weighted by atomic mass is 19.4. The Labute approximate surface area is 199 Å². The number of aliphatic carboxylic acids is 1. The summed E-state index contributed by atoms with van der Waals surface area (Å²) >= 11 is 0. The predicted molar refractivity (Wildman–Crippen MR) is 125 cm³/mol. The van der Waals surface area contributed by atoms with Crippen molar-refractivity contribution in [2.75, 3.05) is 15.6 Å².